The lowest BCUT2D eigenvalue weighted by atomic mass is 9.99. The molecule has 1 aromatic carbocycles. The Kier molecular flexibility index (Phi) is 4.46. The van der Waals surface area contributed by atoms with E-state index in [1.54, 1.807) is 0 Å². The molecule has 2 fully saturated rings. The van der Waals surface area contributed by atoms with Crippen LogP contribution in [0.25, 0.3) is 0 Å². The van der Waals surface area contributed by atoms with Crippen molar-refractivity contribution in [2.45, 2.75) is 30.2 Å². The zero-order valence-corrected chi connectivity index (χ0v) is 12.6. The van der Waals surface area contributed by atoms with Crippen molar-refractivity contribution in [3.63, 3.8) is 0 Å². The normalized spacial score (nSPS) is 22.4. The number of thioether (sulfide) groups is 1. The first kappa shape index (κ1) is 13.5. The monoisotopic (exact) mass is 276 g/mol. The van der Waals surface area contributed by atoms with E-state index in [-0.39, 0.29) is 0 Å². The van der Waals surface area contributed by atoms with Crippen LogP contribution >= 0.6 is 11.8 Å². The highest BCUT2D eigenvalue weighted by Crippen LogP contribution is 2.40. The SMILES string of the molecule is CSc1ccc([C@H](CC2CC2)N2CCNCC2)cc1. The Morgan fingerprint density at radius 3 is 2.47 bits per heavy atom. The molecule has 104 valence electrons. The third kappa shape index (κ3) is 3.53. The van der Waals surface area contributed by atoms with E-state index < -0.39 is 0 Å². The molecule has 3 heteroatoms. The highest BCUT2D eigenvalue weighted by Gasteiger charge is 2.30. The molecule has 0 aromatic heterocycles. The molecule has 2 nitrogen and oxygen atoms in total. The van der Waals surface area contributed by atoms with Crippen LogP contribution in [0, 0.1) is 5.92 Å². The summed E-state index contributed by atoms with van der Waals surface area (Å²) in [7, 11) is 0. The molecule has 1 N–H and O–H groups in total. The van der Waals surface area contributed by atoms with Gasteiger partial charge in [0, 0.05) is 37.1 Å². The van der Waals surface area contributed by atoms with Gasteiger partial charge in [-0.25, -0.2) is 0 Å². The summed E-state index contributed by atoms with van der Waals surface area (Å²) in [5, 5.41) is 3.46. The van der Waals surface area contributed by atoms with E-state index in [1.807, 2.05) is 11.8 Å². The third-order valence-corrected chi connectivity index (χ3v) is 5.09. The van der Waals surface area contributed by atoms with Gasteiger partial charge in [0.15, 0.2) is 0 Å². The minimum Gasteiger partial charge on any atom is -0.314 e. The summed E-state index contributed by atoms with van der Waals surface area (Å²) >= 11 is 1.83. The van der Waals surface area contributed by atoms with Crippen LogP contribution < -0.4 is 5.32 Å². The van der Waals surface area contributed by atoms with Gasteiger partial charge in [0.1, 0.15) is 0 Å². The van der Waals surface area contributed by atoms with E-state index in [2.05, 4.69) is 40.7 Å². The molecule has 0 radical (unpaired) electrons. The maximum Gasteiger partial charge on any atom is 0.0351 e. The van der Waals surface area contributed by atoms with Crippen LogP contribution in [0.3, 0.4) is 0 Å². The van der Waals surface area contributed by atoms with Gasteiger partial charge >= 0.3 is 0 Å². The molecule has 0 bridgehead atoms. The fourth-order valence-electron chi connectivity index (χ4n) is 2.99. The molecule has 0 amide bonds. The van der Waals surface area contributed by atoms with Crippen molar-refractivity contribution in [1.29, 1.82) is 0 Å². The first-order valence-corrected chi connectivity index (χ1v) is 8.68. The van der Waals surface area contributed by atoms with Gasteiger partial charge in [0.05, 0.1) is 0 Å². The maximum atomic E-state index is 3.46. The number of piperazine rings is 1. The Balaban J connectivity index is 1.75. The number of hydrogen-bond donors (Lipinski definition) is 1. The van der Waals surface area contributed by atoms with Crippen molar-refractivity contribution in [2.75, 3.05) is 32.4 Å². The minimum atomic E-state index is 0.644. The average molecular weight is 276 g/mol. The Morgan fingerprint density at radius 2 is 1.89 bits per heavy atom. The number of rotatable bonds is 5. The van der Waals surface area contributed by atoms with Crippen molar-refractivity contribution in [1.82, 2.24) is 10.2 Å². The average Bonchev–Trinajstić information content (AvgIpc) is 3.30. The summed E-state index contributed by atoms with van der Waals surface area (Å²) in [5.41, 5.74) is 1.52. The van der Waals surface area contributed by atoms with Crippen molar-refractivity contribution in [2.24, 2.45) is 5.92 Å². The summed E-state index contributed by atoms with van der Waals surface area (Å²) in [5.74, 6) is 0.986. The first-order valence-electron chi connectivity index (χ1n) is 7.45. The Bertz CT molecular complexity index is 394. The molecule has 2 aliphatic rings. The highest BCUT2D eigenvalue weighted by atomic mass is 32.2. The number of benzene rings is 1. The topological polar surface area (TPSA) is 15.3 Å². The molecule has 1 saturated carbocycles. The van der Waals surface area contributed by atoms with Crippen LogP contribution in [-0.4, -0.2) is 37.3 Å². The van der Waals surface area contributed by atoms with E-state index >= 15 is 0 Å². The van der Waals surface area contributed by atoms with E-state index in [1.165, 1.54) is 42.8 Å². The predicted molar refractivity (Wildman–Crippen MR) is 82.7 cm³/mol. The van der Waals surface area contributed by atoms with Gasteiger partial charge in [-0.05, 0) is 36.3 Å². The van der Waals surface area contributed by atoms with E-state index in [0.29, 0.717) is 6.04 Å². The van der Waals surface area contributed by atoms with E-state index in [0.717, 1.165) is 19.0 Å². The zero-order valence-electron chi connectivity index (χ0n) is 11.8. The van der Waals surface area contributed by atoms with Gasteiger partial charge in [-0.1, -0.05) is 25.0 Å². The molecule has 1 atom stereocenters. The highest BCUT2D eigenvalue weighted by molar-refractivity contribution is 7.98. The second-order valence-corrected chi connectivity index (χ2v) is 6.63. The lowest BCUT2D eigenvalue weighted by Crippen LogP contribution is -2.45. The molecular formula is C16H24N2S. The second-order valence-electron chi connectivity index (χ2n) is 5.75. The van der Waals surface area contributed by atoms with Crippen molar-refractivity contribution in [3.8, 4) is 0 Å². The molecule has 0 spiro atoms. The number of hydrogen-bond acceptors (Lipinski definition) is 3. The Labute approximate surface area is 121 Å². The summed E-state index contributed by atoms with van der Waals surface area (Å²) in [4.78, 5) is 4.05. The van der Waals surface area contributed by atoms with Crippen LogP contribution in [-0.2, 0) is 0 Å². The van der Waals surface area contributed by atoms with Crippen LogP contribution in [0.4, 0.5) is 0 Å². The second kappa shape index (κ2) is 6.29. The van der Waals surface area contributed by atoms with Crippen LogP contribution in [0.1, 0.15) is 30.9 Å². The van der Waals surface area contributed by atoms with E-state index in [9.17, 15) is 0 Å². The molecule has 1 aliphatic heterocycles. The molecule has 0 unspecified atom stereocenters. The first-order chi connectivity index (χ1) is 9.36. The van der Waals surface area contributed by atoms with Gasteiger partial charge in [-0.15, -0.1) is 11.8 Å². The van der Waals surface area contributed by atoms with Crippen molar-refractivity contribution in [3.05, 3.63) is 29.8 Å². The largest absolute Gasteiger partial charge is 0.314 e. The summed E-state index contributed by atoms with van der Waals surface area (Å²) < 4.78 is 0. The fourth-order valence-corrected chi connectivity index (χ4v) is 3.39. The van der Waals surface area contributed by atoms with Crippen LogP contribution in [0.5, 0.6) is 0 Å². The summed E-state index contributed by atoms with van der Waals surface area (Å²) in [6.45, 7) is 4.68. The van der Waals surface area contributed by atoms with Gasteiger partial charge in [0.25, 0.3) is 0 Å². The number of nitrogens with one attached hydrogen (secondary N) is 1. The minimum absolute atomic E-state index is 0.644. The fraction of sp³-hybridized carbons (Fsp3) is 0.625. The molecule has 3 rings (SSSR count). The van der Waals surface area contributed by atoms with Gasteiger partial charge < -0.3 is 5.32 Å². The summed E-state index contributed by atoms with van der Waals surface area (Å²) in [6.07, 6.45) is 6.41. The molecule has 19 heavy (non-hydrogen) atoms. The lowest BCUT2D eigenvalue weighted by molar-refractivity contribution is 0.160. The quantitative estimate of drug-likeness (QED) is 0.832. The van der Waals surface area contributed by atoms with Crippen molar-refractivity contribution < 1.29 is 0 Å². The Hall–Kier alpha value is -0.510. The van der Waals surface area contributed by atoms with Crippen molar-refractivity contribution >= 4 is 11.8 Å². The zero-order chi connectivity index (χ0) is 13.1. The third-order valence-electron chi connectivity index (χ3n) is 4.35. The van der Waals surface area contributed by atoms with Gasteiger partial charge in [-0.2, -0.15) is 0 Å². The maximum absolute atomic E-state index is 3.46. The number of nitrogens with zero attached hydrogens (tertiary/aromatic N) is 1. The molecule has 1 heterocycles. The lowest BCUT2D eigenvalue weighted by Gasteiger charge is -2.35. The van der Waals surface area contributed by atoms with Crippen LogP contribution in [0.2, 0.25) is 0 Å². The smallest absolute Gasteiger partial charge is 0.0351 e. The van der Waals surface area contributed by atoms with Crippen LogP contribution in [0.15, 0.2) is 29.2 Å². The standard InChI is InChI=1S/C16H24N2S/c1-19-15-6-4-14(5-7-15)16(12-13-2-3-13)18-10-8-17-9-11-18/h4-7,13,16-17H,2-3,8-12H2,1H3/t16-/m0/s1. The Morgan fingerprint density at radius 1 is 1.21 bits per heavy atom. The molecule has 1 aliphatic carbocycles. The van der Waals surface area contributed by atoms with Gasteiger partial charge in [0.2, 0.25) is 0 Å². The molecule has 1 aromatic rings. The van der Waals surface area contributed by atoms with Gasteiger partial charge in [-0.3, -0.25) is 4.90 Å². The molecule has 1 saturated heterocycles. The molecular weight excluding hydrogens is 252 g/mol. The summed E-state index contributed by atoms with van der Waals surface area (Å²) in [6, 6.07) is 9.90. The predicted octanol–water partition coefficient (Wildman–Crippen LogP) is 3.15. The van der Waals surface area contributed by atoms with E-state index in [4.69, 9.17) is 0 Å².